The molecule has 2 fully saturated rings. The number of amides is 1. The molecule has 156 valence electrons. The third-order valence-corrected chi connectivity index (χ3v) is 5.88. The monoisotopic (exact) mass is 426 g/mol. The van der Waals surface area contributed by atoms with E-state index in [9.17, 15) is 4.79 Å². The summed E-state index contributed by atoms with van der Waals surface area (Å²) < 4.78 is 6.91. The quantitative estimate of drug-likeness (QED) is 0.650. The molecule has 5 rings (SSSR count). The number of fused-ring (bicyclic) bond motifs is 1. The van der Waals surface area contributed by atoms with Crippen molar-refractivity contribution in [2.75, 3.05) is 18.5 Å². The Hall–Kier alpha value is -2.71. The second-order valence-electron chi connectivity index (χ2n) is 7.90. The number of halogens is 1. The summed E-state index contributed by atoms with van der Waals surface area (Å²) in [7, 11) is 0. The van der Waals surface area contributed by atoms with Crippen LogP contribution >= 0.6 is 11.6 Å². The molecule has 9 heteroatoms. The van der Waals surface area contributed by atoms with Crippen molar-refractivity contribution in [3.05, 3.63) is 41.4 Å². The number of nitrogens with one attached hydrogen (secondary N) is 2. The Kier molecular flexibility index (Phi) is 5.26. The first kappa shape index (κ1) is 19.3. The van der Waals surface area contributed by atoms with E-state index in [1.54, 1.807) is 29.3 Å². The van der Waals surface area contributed by atoms with Gasteiger partial charge in [0.15, 0.2) is 5.65 Å². The SMILES string of the molecule is O=C(NC1CCCCC1)c1cnc(-c2cnn3cc(Cl)cnc23)cc1NC1COC1. The van der Waals surface area contributed by atoms with Gasteiger partial charge in [0.25, 0.3) is 5.91 Å². The van der Waals surface area contributed by atoms with Crippen LogP contribution in [0.3, 0.4) is 0 Å². The Bertz CT molecular complexity index is 1070. The lowest BCUT2D eigenvalue weighted by Crippen LogP contribution is -2.41. The molecule has 0 atom stereocenters. The largest absolute Gasteiger partial charge is 0.377 e. The minimum atomic E-state index is -0.0894. The van der Waals surface area contributed by atoms with E-state index < -0.39 is 0 Å². The van der Waals surface area contributed by atoms with Gasteiger partial charge in [-0.05, 0) is 18.9 Å². The number of hydrogen-bond acceptors (Lipinski definition) is 6. The molecule has 0 unspecified atom stereocenters. The van der Waals surface area contributed by atoms with E-state index in [4.69, 9.17) is 16.3 Å². The third-order valence-electron chi connectivity index (χ3n) is 5.69. The van der Waals surface area contributed by atoms with Gasteiger partial charge in [0.2, 0.25) is 0 Å². The maximum absolute atomic E-state index is 13.0. The molecular weight excluding hydrogens is 404 g/mol. The molecule has 4 heterocycles. The first-order valence-corrected chi connectivity index (χ1v) is 10.7. The van der Waals surface area contributed by atoms with Gasteiger partial charge in [-0.1, -0.05) is 30.9 Å². The van der Waals surface area contributed by atoms with Gasteiger partial charge in [-0.25, -0.2) is 9.50 Å². The molecule has 1 amide bonds. The molecule has 1 aliphatic heterocycles. The predicted octanol–water partition coefficient (Wildman–Crippen LogP) is 3.32. The summed E-state index contributed by atoms with van der Waals surface area (Å²) in [6.07, 6.45) is 12.3. The van der Waals surface area contributed by atoms with Crippen molar-refractivity contribution in [2.45, 2.75) is 44.2 Å². The summed E-state index contributed by atoms with van der Waals surface area (Å²) in [6.45, 7) is 1.25. The summed E-state index contributed by atoms with van der Waals surface area (Å²) in [5.74, 6) is -0.0894. The van der Waals surface area contributed by atoms with Crippen LogP contribution in [0.15, 0.2) is 30.9 Å². The normalized spacial score (nSPS) is 17.6. The Labute approximate surface area is 179 Å². The molecule has 1 saturated carbocycles. The van der Waals surface area contributed by atoms with Gasteiger partial charge in [0, 0.05) is 18.4 Å². The molecule has 3 aromatic heterocycles. The van der Waals surface area contributed by atoms with Gasteiger partial charge in [-0.2, -0.15) is 5.10 Å². The zero-order valence-electron chi connectivity index (χ0n) is 16.5. The number of nitrogens with zero attached hydrogens (tertiary/aromatic N) is 4. The molecule has 1 saturated heterocycles. The van der Waals surface area contributed by atoms with Crippen molar-refractivity contribution in [1.29, 1.82) is 0 Å². The lowest BCUT2D eigenvalue weighted by Gasteiger charge is -2.29. The molecule has 0 spiro atoms. The predicted molar refractivity (Wildman–Crippen MR) is 114 cm³/mol. The Morgan fingerprint density at radius 1 is 1.10 bits per heavy atom. The van der Waals surface area contributed by atoms with Crippen LogP contribution < -0.4 is 10.6 Å². The van der Waals surface area contributed by atoms with Crippen molar-refractivity contribution in [2.24, 2.45) is 0 Å². The number of anilines is 1. The van der Waals surface area contributed by atoms with Gasteiger partial charge in [0.1, 0.15) is 0 Å². The number of carbonyl (C=O) groups is 1. The van der Waals surface area contributed by atoms with Gasteiger partial charge in [0.05, 0.1) is 59.2 Å². The Morgan fingerprint density at radius 2 is 1.93 bits per heavy atom. The van der Waals surface area contributed by atoms with Crippen LogP contribution in [-0.2, 0) is 4.74 Å². The Morgan fingerprint density at radius 3 is 2.70 bits per heavy atom. The lowest BCUT2D eigenvalue weighted by molar-refractivity contribution is 0.0210. The fourth-order valence-corrected chi connectivity index (χ4v) is 4.13. The van der Waals surface area contributed by atoms with Crippen LogP contribution in [-0.4, -0.2) is 50.8 Å². The van der Waals surface area contributed by atoms with Crippen LogP contribution in [0.1, 0.15) is 42.5 Å². The van der Waals surface area contributed by atoms with Crippen molar-refractivity contribution in [1.82, 2.24) is 24.9 Å². The highest BCUT2D eigenvalue weighted by atomic mass is 35.5. The number of ether oxygens (including phenoxy) is 1. The fourth-order valence-electron chi connectivity index (χ4n) is 3.98. The van der Waals surface area contributed by atoms with Crippen molar-refractivity contribution in [3.8, 4) is 11.3 Å². The first-order valence-electron chi connectivity index (χ1n) is 10.3. The van der Waals surface area contributed by atoms with Crippen LogP contribution in [0, 0.1) is 0 Å². The molecule has 1 aliphatic carbocycles. The van der Waals surface area contributed by atoms with E-state index >= 15 is 0 Å². The minimum absolute atomic E-state index is 0.0894. The van der Waals surface area contributed by atoms with Crippen LogP contribution in [0.4, 0.5) is 5.69 Å². The van der Waals surface area contributed by atoms with Crippen LogP contribution in [0.25, 0.3) is 16.9 Å². The first-order chi connectivity index (χ1) is 14.7. The molecule has 2 aliphatic rings. The summed E-state index contributed by atoms with van der Waals surface area (Å²) in [5.41, 5.74) is 3.42. The topological polar surface area (TPSA) is 93.4 Å². The molecule has 0 radical (unpaired) electrons. The lowest BCUT2D eigenvalue weighted by atomic mass is 9.95. The summed E-state index contributed by atoms with van der Waals surface area (Å²) in [5, 5.41) is 11.4. The number of rotatable bonds is 5. The van der Waals surface area contributed by atoms with Crippen molar-refractivity contribution < 1.29 is 9.53 Å². The summed E-state index contributed by atoms with van der Waals surface area (Å²) in [4.78, 5) is 21.9. The van der Waals surface area contributed by atoms with E-state index in [1.165, 1.54) is 19.3 Å². The zero-order valence-corrected chi connectivity index (χ0v) is 17.2. The number of hydrogen-bond donors (Lipinski definition) is 2. The molecular formula is C21H23ClN6O2. The number of pyridine rings is 1. The van der Waals surface area contributed by atoms with E-state index in [-0.39, 0.29) is 18.0 Å². The molecule has 30 heavy (non-hydrogen) atoms. The van der Waals surface area contributed by atoms with Gasteiger partial charge in [-0.3, -0.25) is 9.78 Å². The second kappa shape index (κ2) is 8.20. The highest BCUT2D eigenvalue weighted by molar-refractivity contribution is 6.30. The molecule has 3 aromatic rings. The van der Waals surface area contributed by atoms with E-state index in [2.05, 4.69) is 25.7 Å². The van der Waals surface area contributed by atoms with E-state index in [1.807, 2.05) is 6.07 Å². The maximum atomic E-state index is 13.0. The standard InChI is InChI=1S/C21H23ClN6O2/c22-13-7-24-20-16(9-25-28(20)10-13)18-6-19(26-15-11-30-12-15)17(8-23-18)21(29)27-14-4-2-1-3-5-14/h6-10,14-15H,1-5,11-12H2,(H,23,26)(H,27,29). The molecule has 0 bridgehead atoms. The highest BCUT2D eigenvalue weighted by Gasteiger charge is 2.24. The van der Waals surface area contributed by atoms with Crippen LogP contribution in [0.5, 0.6) is 0 Å². The summed E-state index contributed by atoms with van der Waals surface area (Å²) in [6, 6.07) is 2.31. The average molecular weight is 427 g/mol. The maximum Gasteiger partial charge on any atom is 0.255 e. The number of aromatic nitrogens is 4. The molecule has 0 aromatic carbocycles. The van der Waals surface area contributed by atoms with Crippen molar-refractivity contribution in [3.63, 3.8) is 0 Å². The third kappa shape index (κ3) is 3.85. The second-order valence-corrected chi connectivity index (χ2v) is 8.34. The zero-order chi connectivity index (χ0) is 20.5. The molecule has 2 N–H and O–H groups in total. The number of carbonyl (C=O) groups excluding carboxylic acids is 1. The van der Waals surface area contributed by atoms with Gasteiger partial charge in [-0.15, -0.1) is 0 Å². The molecule has 8 nitrogen and oxygen atoms in total. The van der Waals surface area contributed by atoms with Gasteiger partial charge >= 0.3 is 0 Å². The smallest absolute Gasteiger partial charge is 0.255 e. The summed E-state index contributed by atoms with van der Waals surface area (Å²) >= 11 is 6.01. The minimum Gasteiger partial charge on any atom is -0.377 e. The van der Waals surface area contributed by atoms with Gasteiger partial charge < -0.3 is 15.4 Å². The average Bonchev–Trinajstić information content (AvgIpc) is 3.14. The highest BCUT2D eigenvalue weighted by Crippen LogP contribution is 2.28. The van der Waals surface area contributed by atoms with Crippen LogP contribution in [0.2, 0.25) is 5.02 Å². The van der Waals surface area contributed by atoms with E-state index in [0.717, 1.165) is 24.1 Å². The fraction of sp³-hybridized carbons (Fsp3) is 0.429. The van der Waals surface area contributed by atoms with E-state index in [0.29, 0.717) is 35.1 Å². The Balaban J connectivity index is 1.47. The van der Waals surface area contributed by atoms with Crippen molar-refractivity contribution >= 4 is 28.8 Å².